The molecule has 1 aliphatic rings. The van der Waals surface area contributed by atoms with Gasteiger partial charge < -0.3 is 9.88 Å². The second kappa shape index (κ2) is 6.83. The normalized spacial score (nSPS) is 13.2. The van der Waals surface area contributed by atoms with E-state index in [4.69, 9.17) is 0 Å². The molecule has 5 heteroatoms. The van der Waals surface area contributed by atoms with Gasteiger partial charge in [-0.2, -0.15) is 0 Å². The summed E-state index contributed by atoms with van der Waals surface area (Å²) < 4.78 is 1.62. The zero-order chi connectivity index (χ0) is 19.0. The molecule has 0 radical (unpaired) electrons. The number of pyridine rings is 2. The summed E-state index contributed by atoms with van der Waals surface area (Å²) in [4.78, 5) is 28.4. The number of benzene rings is 1. The maximum absolute atomic E-state index is 12.1. The monoisotopic (exact) mass is 361 g/mol. The van der Waals surface area contributed by atoms with E-state index in [0.29, 0.717) is 24.8 Å². The highest BCUT2D eigenvalue weighted by molar-refractivity contribution is 5.95. The fourth-order valence-electron chi connectivity index (χ4n) is 3.73. The van der Waals surface area contributed by atoms with Crippen molar-refractivity contribution in [2.24, 2.45) is 7.05 Å². The van der Waals surface area contributed by atoms with E-state index in [0.717, 1.165) is 33.6 Å². The Morgan fingerprint density at radius 2 is 2.04 bits per heavy atom. The van der Waals surface area contributed by atoms with E-state index < -0.39 is 0 Å². The van der Waals surface area contributed by atoms with Gasteiger partial charge in [0, 0.05) is 50.7 Å². The Balaban J connectivity index is 0.00000225. The molecule has 27 heavy (non-hydrogen) atoms. The molecule has 5 nitrogen and oxygen atoms in total. The minimum atomic E-state index is 0. The van der Waals surface area contributed by atoms with Gasteiger partial charge in [0.05, 0.1) is 0 Å². The quantitative estimate of drug-likeness (QED) is 0.777. The Kier molecular flexibility index (Phi) is 4.36. The number of nitrogens with one attached hydrogen (secondary N) is 1. The predicted octanol–water partition coefficient (Wildman–Crippen LogP) is 3.48. The molecule has 1 aromatic carbocycles. The van der Waals surface area contributed by atoms with E-state index in [1.54, 1.807) is 17.8 Å². The van der Waals surface area contributed by atoms with Crippen LogP contribution in [-0.4, -0.2) is 15.5 Å². The summed E-state index contributed by atoms with van der Waals surface area (Å²) in [5, 5.41) is 2.98. The third kappa shape index (κ3) is 3.28. The largest absolute Gasteiger partial charge is 0.326 e. The van der Waals surface area contributed by atoms with Crippen molar-refractivity contribution in [1.29, 1.82) is 0 Å². The summed E-state index contributed by atoms with van der Waals surface area (Å²) in [7, 11) is 1.77. The number of hydrogen-bond donors (Lipinski definition) is 1. The highest BCUT2D eigenvalue weighted by Crippen LogP contribution is 2.35. The summed E-state index contributed by atoms with van der Waals surface area (Å²) in [5.41, 5.74) is 6.97. The van der Waals surface area contributed by atoms with E-state index in [-0.39, 0.29) is 12.9 Å². The van der Waals surface area contributed by atoms with Crippen LogP contribution in [0.4, 0.5) is 5.69 Å². The zero-order valence-corrected chi connectivity index (χ0v) is 15.5. The van der Waals surface area contributed by atoms with Crippen molar-refractivity contribution in [2.45, 2.75) is 26.2 Å². The lowest BCUT2D eigenvalue weighted by Crippen LogP contribution is -2.21. The summed E-state index contributed by atoms with van der Waals surface area (Å²) in [5.74, 6) is 0.0528. The van der Waals surface area contributed by atoms with Crippen molar-refractivity contribution in [3.63, 3.8) is 0 Å². The Morgan fingerprint density at radius 3 is 2.78 bits per heavy atom. The fourth-order valence-corrected chi connectivity index (χ4v) is 3.73. The van der Waals surface area contributed by atoms with Crippen LogP contribution in [0.5, 0.6) is 0 Å². The molecule has 2 aromatic heterocycles. The van der Waals surface area contributed by atoms with Crippen LogP contribution < -0.4 is 10.9 Å². The van der Waals surface area contributed by atoms with Gasteiger partial charge in [-0.1, -0.05) is 12.1 Å². The molecule has 1 aliphatic heterocycles. The smallest absolute Gasteiger partial charge is 0.253 e. The molecule has 0 atom stereocenters. The third-order valence-electron chi connectivity index (χ3n) is 5.06. The van der Waals surface area contributed by atoms with Crippen LogP contribution in [0.1, 0.15) is 30.2 Å². The molecule has 0 aliphatic carbocycles. The van der Waals surface area contributed by atoms with E-state index in [2.05, 4.69) is 10.3 Å². The van der Waals surface area contributed by atoms with Gasteiger partial charge >= 0.3 is 0 Å². The zero-order valence-electron chi connectivity index (χ0n) is 15.5. The van der Waals surface area contributed by atoms with Crippen molar-refractivity contribution in [3.8, 4) is 11.1 Å². The summed E-state index contributed by atoms with van der Waals surface area (Å²) in [6.07, 6.45) is 5.54. The van der Waals surface area contributed by atoms with Gasteiger partial charge in [-0.3, -0.25) is 14.6 Å². The minimum absolute atomic E-state index is 0. The lowest BCUT2D eigenvalue weighted by Gasteiger charge is -2.23. The topological polar surface area (TPSA) is 64.0 Å². The number of carbonyl (C=O) groups excluding carboxylic acids is 1. The SMILES string of the molecule is Cc1cc(-c2ccc3c(c2Cc2ccccn2)CCC(=O)N3)cn(C)c1=O.[HH]. The van der Waals surface area contributed by atoms with Crippen LogP contribution >= 0.6 is 0 Å². The lowest BCUT2D eigenvalue weighted by atomic mass is 9.88. The number of anilines is 1. The molecule has 1 amide bonds. The first-order valence-electron chi connectivity index (χ1n) is 9.05. The maximum atomic E-state index is 12.1. The highest BCUT2D eigenvalue weighted by atomic mass is 16.1. The third-order valence-corrected chi connectivity index (χ3v) is 5.06. The van der Waals surface area contributed by atoms with Gasteiger partial charge in [0.2, 0.25) is 5.91 Å². The summed E-state index contributed by atoms with van der Waals surface area (Å²) >= 11 is 0. The number of fused-ring (bicyclic) bond motifs is 1. The van der Waals surface area contributed by atoms with Gasteiger partial charge in [0.1, 0.15) is 0 Å². The van der Waals surface area contributed by atoms with Crippen molar-refractivity contribution in [2.75, 3.05) is 5.32 Å². The minimum Gasteiger partial charge on any atom is -0.326 e. The molecule has 1 N–H and O–H groups in total. The molecule has 138 valence electrons. The number of carbonyl (C=O) groups is 1. The molecular weight excluding hydrogens is 338 g/mol. The van der Waals surface area contributed by atoms with Crippen molar-refractivity contribution >= 4 is 11.6 Å². The number of rotatable bonds is 3. The molecule has 0 spiro atoms. The molecule has 0 fully saturated rings. The van der Waals surface area contributed by atoms with E-state index in [1.807, 2.05) is 49.5 Å². The van der Waals surface area contributed by atoms with Crippen LogP contribution in [0.2, 0.25) is 0 Å². The van der Waals surface area contributed by atoms with Gasteiger partial charge in [-0.15, -0.1) is 0 Å². The Hall–Kier alpha value is -3.21. The van der Waals surface area contributed by atoms with Gasteiger partial charge in [0.15, 0.2) is 0 Å². The van der Waals surface area contributed by atoms with Crippen LogP contribution in [0.15, 0.2) is 53.6 Å². The van der Waals surface area contributed by atoms with Crippen LogP contribution in [0, 0.1) is 6.92 Å². The molecule has 3 aromatic rings. The molecule has 0 saturated heterocycles. The van der Waals surface area contributed by atoms with E-state index in [1.165, 1.54) is 0 Å². The maximum Gasteiger partial charge on any atom is 0.253 e. The van der Waals surface area contributed by atoms with Crippen LogP contribution in [-0.2, 0) is 24.7 Å². The Morgan fingerprint density at radius 1 is 1.19 bits per heavy atom. The molecule has 0 saturated carbocycles. The molecule has 3 heterocycles. The van der Waals surface area contributed by atoms with E-state index >= 15 is 0 Å². The number of aryl methyl sites for hydroxylation is 2. The first-order chi connectivity index (χ1) is 13.0. The molecular formula is C22H23N3O2. The highest BCUT2D eigenvalue weighted by Gasteiger charge is 2.21. The van der Waals surface area contributed by atoms with Crippen molar-refractivity contribution in [1.82, 2.24) is 9.55 Å². The van der Waals surface area contributed by atoms with Crippen molar-refractivity contribution < 1.29 is 6.22 Å². The first-order valence-corrected chi connectivity index (χ1v) is 9.05. The lowest BCUT2D eigenvalue weighted by molar-refractivity contribution is -0.116. The van der Waals surface area contributed by atoms with Gasteiger partial charge in [-0.25, -0.2) is 0 Å². The molecule has 4 rings (SSSR count). The molecule has 0 unspecified atom stereocenters. The van der Waals surface area contributed by atoms with Gasteiger partial charge in [-0.05, 0) is 59.9 Å². The number of hydrogen-bond acceptors (Lipinski definition) is 3. The number of nitrogens with zero attached hydrogens (tertiary/aromatic N) is 2. The first kappa shape index (κ1) is 17.2. The molecule has 0 bridgehead atoms. The second-order valence-electron chi connectivity index (χ2n) is 6.99. The van der Waals surface area contributed by atoms with Crippen molar-refractivity contribution in [3.05, 3.63) is 81.5 Å². The summed E-state index contributed by atoms with van der Waals surface area (Å²) in [6.45, 7) is 1.84. The van der Waals surface area contributed by atoms with Crippen LogP contribution in [0.25, 0.3) is 11.1 Å². The van der Waals surface area contributed by atoms with E-state index in [9.17, 15) is 9.59 Å². The van der Waals surface area contributed by atoms with Gasteiger partial charge in [0.25, 0.3) is 5.56 Å². The predicted molar refractivity (Wildman–Crippen MR) is 108 cm³/mol. The average molecular weight is 361 g/mol. The summed E-state index contributed by atoms with van der Waals surface area (Å²) in [6, 6.07) is 11.8. The number of amides is 1. The second-order valence-corrected chi connectivity index (χ2v) is 6.99. The Labute approximate surface area is 159 Å². The van der Waals surface area contributed by atoms with Crippen LogP contribution in [0.3, 0.4) is 0 Å². The number of aromatic nitrogens is 2. The fraction of sp³-hybridized carbons (Fsp3) is 0.227. The Bertz CT molecular complexity index is 1060. The standard InChI is InChI=1S/C22H21N3O2.H2/c1-14-11-15(13-25(2)22(14)27)17-6-8-20-18(7-9-21(26)24-20)19(17)12-16-5-3-4-10-23-16;/h3-6,8,10-11,13H,7,9,12H2,1-2H3,(H,24,26);1H. The average Bonchev–Trinajstić information content (AvgIpc) is 2.66.